The van der Waals surface area contributed by atoms with Gasteiger partial charge in [0.1, 0.15) is 0 Å². The van der Waals surface area contributed by atoms with Crippen molar-refractivity contribution in [1.29, 1.82) is 0 Å². The lowest BCUT2D eigenvalue weighted by Gasteiger charge is -2.37. The van der Waals surface area contributed by atoms with Crippen LogP contribution in [0.1, 0.15) is 12.2 Å². The predicted molar refractivity (Wildman–Crippen MR) is 49.8 cm³/mol. The second-order valence-electron chi connectivity index (χ2n) is 3.85. The van der Waals surface area contributed by atoms with Crippen molar-refractivity contribution in [2.75, 3.05) is 13.1 Å². The molecule has 1 aromatic heterocycles. The first kappa shape index (κ1) is 10.0. The number of aryl methyl sites for hydroxylation is 1. The average Bonchev–Trinajstić information content (AvgIpc) is 2.47. The van der Waals surface area contributed by atoms with Gasteiger partial charge in [-0.3, -0.25) is 9.69 Å². The Labute approximate surface area is 86.7 Å². The molecule has 0 atom stereocenters. The highest BCUT2D eigenvalue weighted by Crippen LogP contribution is 2.19. The summed E-state index contributed by atoms with van der Waals surface area (Å²) in [6.45, 7) is 2.28. The first-order chi connectivity index (χ1) is 7.13. The third-order valence-corrected chi connectivity index (χ3v) is 2.41. The number of tetrazole rings is 1. The smallest absolute Gasteiger partial charge is 0.303 e. The van der Waals surface area contributed by atoms with Crippen molar-refractivity contribution in [3.8, 4) is 0 Å². The topological polar surface area (TPSA) is 84.1 Å². The van der Waals surface area contributed by atoms with Gasteiger partial charge in [0.2, 0.25) is 0 Å². The normalized spacial score (nSPS) is 17.7. The van der Waals surface area contributed by atoms with Crippen LogP contribution in [0.15, 0.2) is 0 Å². The third-order valence-electron chi connectivity index (χ3n) is 2.41. The fourth-order valence-corrected chi connectivity index (χ4v) is 1.77. The highest BCUT2D eigenvalue weighted by atomic mass is 16.4. The minimum Gasteiger partial charge on any atom is -0.481 e. The molecule has 7 nitrogen and oxygen atoms in total. The number of carboxylic acids is 1. The minimum atomic E-state index is -0.725. The zero-order valence-corrected chi connectivity index (χ0v) is 8.50. The Morgan fingerprint density at radius 2 is 2.33 bits per heavy atom. The fourth-order valence-electron chi connectivity index (χ4n) is 1.77. The lowest BCUT2D eigenvalue weighted by molar-refractivity contribution is -0.139. The van der Waals surface area contributed by atoms with Crippen molar-refractivity contribution < 1.29 is 9.90 Å². The van der Waals surface area contributed by atoms with Gasteiger partial charge in [0, 0.05) is 13.1 Å². The van der Waals surface area contributed by atoms with E-state index in [1.165, 1.54) is 4.80 Å². The van der Waals surface area contributed by atoms with Crippen molar-refractivity contribution in [3.05, 3.63) is 5.82 Å². The Balaban J connectivity index is 1.74. The van der Waals surface area contributed by atoms with E-state index < -0.39 is 5.97 Å². The summed E-state index contributed by atoms with van der Waals surface area (Å²) in [5.74, 6) is 0.239. The molecule has 2 rings (SSSR count). The minimum absolute atomic E-state index is 0.254. The molecule has 0 amide bonds. The molecule has 0 spiro atoms. The number of hydrogen-bond donors (Lipinski definition) is 1. The van der Waals surface area contributed by atoms with Crippen LogP contribution in [0.3, 0.4) is 0 Å². The molecule has 1 N–H and O–H groups in total. The second kappa shape index (κ2) is 3.93. The van der Waals surface area contributed by atoms with Gasteiger partial charge in [0.15, 0.2) is 5.82 Å². The molecule has 0 unspecified atom stereocenters. The number of aromatic nitrogens is 4. The Morgan fingerprint density at radius 3 is 2.87 bits per heavy atom. The summed E-state index contributed by atoms with van der Waals surface area (Å²) in [6, 6.07) is 0. The van der Waals surface area contributed by atoms with Gasteiger partial charge >= 0.3 is 5.97 Å². The average molecular weight is 211 g/mol. The SMILES string of the molecule is Cn1nnc(CN2CC(CC(=O)O)C2)n1. The Morgan fingerprint density at radius 1 is 1.60 bits per heavy atom. The molecule has 1 aliphatic heterocycles. The summed E-state index contributed by atoms with van der Waals surface area (Å²) >= 11 is 0. The van der Waals surface area contributed by atoms with Crippen LogP contribution in [0.4, 0.5) is 0 Å². The number of carboxylic acid groups (broad SMARTS) is 1. The van der Waals surface area contributed by atoms with E-state index >= 15 is 0 Å². The molecule has 1 saturated heterocycles. The van der Waals surface area contributed by atoms with Gasteiger partial charge in [-0.05, 0) is 11.1 Å². The number of nitrogens with zero attached hydrogens (tertiary/aromatic N) is 5. The van der Waals surface area contributed by atoms with Gasteiger partial charge in [-0.2, -0.15) is 4.80 Å². The highest BCUT2D eigenvalue weighted by Gasteiger charge is 2.29. The van der Waals surface area contributed by atoms with Crippen LogP contribution in [0.25, 0.3) is 0 Å². The second-order valence-corrected chi connectivity index (χ2v) is 3.85. The van der Waals surface area contributed by atoms with E-state index in [0.29, 0.717) is 12.4 Å². The molecule has 0 aliphatic carbocycles. The number of hydrogen-bond acceptors (Lipinski definition) is 5. The molecule has 1 fully saturated rings. The molecule has 0 bridgehead atoms. The molecule has 0 aromatic carbocycles. The summed E-state index contributed by atoms with van der Waals surface area (Å²) < 4.78 is 0. The monoisotopic (exact) mass is 211 g/mol. The lowest BCUT2D eigenvalue weighted by atomic mass is 9.96. The Hall–Kier alpha value is -1.50. The maximum Gasteiger partial charge on any atom is 0.303 e. The van der Waals surface area contributed by atoms with Gasteiger partial charge in [-0.15, -0.1) is 10.2 Å². The predicted octanol–water partition coefficient (Wildman–Crippen LogP) is -0.883. The quantitative estimate of drug-likeness (QED) is 0.696. The van der Waals surface area contributed by atoms with E-state index in [2.05, 4.69) is 20.3 Å². The number of aliphatic carboxylic acids is 1. The van der Waals surface area contributed by atoms with E-state index in [9.17, 15) is 4.79 Å². The van der Waals surface area contributed by atoms with Gasteiger partial charge in [-0.25, -0.2) is 0 Å². The molecule has 1 aliphatic rings. The third kappa shape index (κ3) is 2.50. The first-order valence-electron chi connectivity index (χ1n) is 4.80. The standard InChI is InChI=1S/C8H13N5O2/c1-12-10-7(9-11-12)5-13-3-6(4-13)2-8(14)15/h6H,2-5H2,1H3,(H,14,15). The molecule has 1 aromatic rings. The van der Waals surface area contributed by atoms with Crippen molar-refractivity contribution >= 4 is 5.97 Å². The van der Waals surface area contributed by atoms with Gasteiger partial charge in [-0.1, -0.05) is 0 Å². The van der Waals surface area contributed by atoms with Crippen molar-refractivity contribution in [2.45, 2.75) is 13.0 Å². The van der Waals surface area contributed by atoms with Gasteiger partial charge in [0.05, 0.1) is 20.0 Å². The molecule has 82 valence electrons. The van der Waals surface area contributed by atoms with Crippen LogP contribution in [0.2, 0.25) is 0 Å². The summed E-state index contributed by atoms with van der Waals surface area (Å²) in [5, 5.41) is 20.2. The molecular weight excluding hydrogens is 198 g/mol. The summed E-state index contributed by atoms with van der Waals surface area (Å²) in [7, 11) is 1.72. The van der Waals surface area contributed by atoms with E-state index in [0.717, 1.165) is 13.1 Å². The molecule has 2 heterocycles. The van der Waals surface area contributed by atoms with E-state index in [1.54, 1.807) is 7.05 Å². The molecule has 0 radical (unpaired) electrons. The Bertz CT molecular complexity index is 358. The van der Waals surface area contributed by atoms with Crippen LogP contribution >= 0.6 is 0 Å². The fraction of sp³-hybridized carbons (Fsp3) is 0.750. The van der Waals surface area contributed by atoms with Crippen LogP contribution in [-0.4, -0.2) is 49.3 Å². The van der Waals surface area contributed by atoms with E-state index in [-0.39, 0.29) is 12.3 Å². The van der Waals surface area contributed by atoms with Gasteiger partial charge in [0.25, 0.3) is 0 Å². The maximum absolute atomic E-state index is 10.4. The first-order valence-corrected chi connectivity index (χ1v) is 4.80. The zero-order chi connectivity index (χ0) is 10.8. The number of likely N-dealkylation sites (tertiary alicyclic amines) is 1. The lowest BCUT2D eigenvalue weighted by Crippen LogP contribution is -2.46. The molecule has 15 heavy (non-hydrogen) atoms. The number of carbonyl (C=O) groups is 1. The van der Waals surface area contributed by atoms with Crippen LogP contribution in [-0.2, 0) is 18.4 Å². The highest BCUT2D eigenvalue weighted by molar-refractivity contribution is 5.67. The van der Waals surface area contributed by atoms with Crippen molar-refractivity contribution in [2.24, 2.45) is 13.0 Å². The van der Waals surface area contributed by atoms with Gasteiger partial charge < -0.3 is 5.11 Å². The molecule has 7 heteroatoms. The van der Waals surface area contributed by atoms with E-state index in [1.807, 2.05) is 0 Å². The molecule has 0 saturated carbocycles. The summed E-state index contributed by atoms with van der Waals surface area (Å²) in [6.07, 6.45) is 0.254. The Kier molecular flexibility index (Phi) is 2.63. The largest absolute Gasteiger partial charge is 0.481 e. The maximum atomic E-state index is 10.4. The van der Waals surface area contributed by atoms with Crippen LogP contribution in [0.5, 0.6) is 0 Å². The van der Waals surface area contributed by atoms with Crippen molar-refractivity contribution in [1.82, 2.24) is 25.1 Å². The summed E-state index contributed by atoms with van der Waals surface area (Å²) in [4.78, 5) is 14.0. The summed E-state index contributed by atoms with van der Waals surface area (Å²) in [5.41, 5.74) is 0. The number of rotatable bonds is 4. The molecular formula is C8H13N5O2. The van der Waals surface area contributed by atoms with E-state index in [4.69, 9.17) is 5.11 Å². The van der Waals surface area contributed by atoms with Crippen molar-refractivity contribution in [3.63, 3.8) is 0 Å². The van der Waals surface area contributed by atoms with Crippen LogP contribution < -0.4 is 0 Å². The van der Waals surface area contributed by atoms with Crippen LogP contribution in [0, 0.1) is 5.92 Å². The zero-order valence-electron chi connectivity index (χ0n) is 8.50.